The fourth-order valence-corrected chi connectivity index (χ4v) is 3.30. The van der Waals surface area contributed by atoms with Crippen LogP contribution in [0.15, 0.2) is 80.0 Å². The van der Waals surface area contributed by atoms with Gasteiger partial charge in [-0.2, -0.15) is 0 Å². The Morgan fingerprint density at radius 1 is 0.966 bits per heavy atom. The molecule has 7 heteroatoms. The molecule has 2 aromatic carbocycles. The Labute approximate surface area is 180 Å². The molecule has 0 atom stereocenters. The second kappa shape index (κ2) is 8.29. The Bertz CT molecular complexity index is 1160. The van der Waals surface area contributed by atoms with Crippen LogP contribution in [0.5, 0.6) is 0 Å². The zero-order valence-electron chi connectivity index (χ0n) is 15.0. The lowest BCUT2D eigenvalue weighted by molar-refractivity contribution is 0.0997. The second-order valence-electron chi connectivity index (χ2n) is 6.24. The van der Waals surface area contributed by atoms with Crippen molar-refractivity contribution in [1.82, 2.24) is 0 Å². The van der Waals surface area contributed by atoms with Crippen LogP contribution in [0.2, 0.25) is 5.02 Å². The van der Waals surface area contributed by atoms with Crippen LogP contribution >= 0.6 is 27.5 Å². The van der Waals surface area contributed by atoms with Crippen LogP contribution in [0.25, 0.3) is 22.6 Å². The number of anilines is 1. The Kier molecular flexibility index (Phi) is 5.58. The highest BCUT2D eigenvalue weighted by molar-refractivity contribution is 9.10. The first-order chi connectivity index (χ1) is 14.0. The van der Waals surface area contributed by atoms with E-state index < -0.39 is 0 Å². The average molecular weight is 473 g/mol. The van der Waals surface area contributed by atoms with Crippen molar-refractivity contribution in [3.05, 3.63) is 87.7 Å². The highest BCUT2D eigenvalue weighted by atomic mass is 79.9. The van der Waals surface area contributed by atoms with E-state index in [-0.39, 0.29) is 18.3 Å². The summed E-state index contributed by atoms with van der Waals surface area (Å²) < 4.78 is 12.2. The number of benzene rings is 2. The van der Waals surface area contributed by atoms with Crippen molar-refractivity contribution in [3.8, 4) is 22.6 Å². The molecular formula is C22H15BrClNO4. The Balaban J connectivity index is 1.54. The van der Waals surface area contributed by atoms with Crippen molar-refractivity contribution in [1.29, 1.82) is 0 Å². The zero-order valence-corrected chi connectivity index (χ0v) is 17.3. The van der Waals surface area contributed by atoms with E-state index in [1.54, 1.807) is 42.5 Å². The number of furan rings is 2. The van der Waals surface area contributed by atoms with Crippen molar-refractivity contribution in [3.63, 3.8) is 0 Å². The van der Waals surface area contributed by atoms with E-state index >= 15 is 0 Å². The Morgan fingerprint density at radius 2 is 1.72 bits per heavy atom. The van der Waals surface area contributed by atoms with E-state index in [1.165, 1.54) is 0 Å². The van der Waals surface area contributed by atoms with Gasteiger partial charge >= 0.3 is 0 Å². The standard InChI is InChI=1S/C22H15BrClNO4/c23-14-3-1-13(2-4-14)19-9-10-21(29-19)22(27)25-15-5-7-18(24)17(11-15)20-8-6-16(12-26)28-20/h1-11,26H,12H2,(H,25,27). The summed E-state index contributed by atoms with van der Waals surface area (Å²) >= 11 is 9.66. The SMILES string of the molecule is O=C(Nc1ccc(Cl)c(-c2ccc(CO)o2)c1)c1ccc(-c2ccc(Br)cc2)o1. The number of carbonyl (C=O) groups excluding carboxylic acids is 1. The van der Waals surface area contributed by atoms with Gasteiger partial charge in [0.2, 0.25) is 0 Å². The van der Waals surface area contributed by atoms with Crippen molar-refractivity contribution in [2.45, 2.75) is 6.61 Å². The molecule has 0 unspecified atom stereocenters. The predicted molar refractivity (Wildman–Crippen MR) is 115 cm³/mol. The maximum absolute atomic E-state index is 12.6. The van der Waals surface area contributed by atoms with Crippen molar-refractivity contribution < 1.29 is 18.7 Å². The summed E-state index contributed by atoms with van der Waals surface area (Å²) in [5.41, 5.74) is 2.02. The van der Waals surface area contributed by atoms with E-state index in [2.05, 4.69) is 21.2 Å². The molecule has 0 aliphatic rings. The molecule has 0 aliphatic heterocycles. The number of aliphatic hydroxyl groups is 1. The van der Waals surface area contributed by atoms with E-state index in [0.29, 0.717) is 33.6 Å². The third-order valence-corrected chi connectivity index (χ3v) is 5.12. The van der Waals surface area contributed by atoms with E-state index in [9.17, 15) is 4.79 Å². The first-order valence-electron chi connectivity index (χ1n) is 8.70. The summed E-state index contributed by atoms with van der Waals surface area (Å²) in [6.45, 7) is -0.201. The molecule has 0 bridgehead atoms. The molecule has 0 saturated carbocycles. The molecule has 2 heterocycles. The number of rotatable bonds is 5. The number of hydrogen-bond donors (Lipinski definition) is 2. The monoisotopic (exact) mass is 471 g/mol. The van der Waals surface area contributed by atoms with Crippen molar-refractivity contribution in [2.24, 2.45) is 0 Å². The number of amides is 1. The number of hydrogen-bond acceptors (Lipinski definition) is 4. The van der Waals surface area contributed by atoms with Gasteiger partial charge in [0.15, 0.2) is 5.76 Å². The highest BCUT2D eigenvalue weighted by Gasteiger charge is 2.15. The summed E-state index contributed by atoms with van der Waals surface area (Å²) in [6.07, 6.45) is 0. The molecule has 146 valence electrons. The maximum atomic E-state index is 12.6. The molecule has 1 amide bonds. The van der Waals surface area contributed by atoms with E-state index in [4.69, 9.17) is 25.5 Å². The number of nitrogens with one attached hydrogen (secondary N) is 1. The van der Waals surface area contributed by atoms with Gasteiger partial charge in [-0.1, -0.05) is 39.7 Å². The number of halogens is 2. The van der Waals surface area contributed by atoms with Gasteiger partial charge in [-0.3, -0.25) is 4.79 Å². The summed E-state index contributed by atoms with van der Waals surface area (Å²) in [5, 5.41) is 12.4. The topological polar surface area (TPSA) is 75.6 Å². The Morgan fingerprint density at radius 3 is 2.45 bits per heavy atom. The van der Waals surface area contributed by atoms with Crippen LogP contribution in [0.4, 0.5) is 5.69 Å². The second-order valence-corrected chi connectivity index (χ2v) is 7.57. The van der Waals surface area contributed by atoms with Gasteiger partial charge in [0.05, 0.1) is 5.02 Å². The fourth-order valence-electron chi connectivity index (χ4n) is 2.82. The third kappa shape index (κ3) is 4.29. The predicted octanol–water partition coefficient (Wildman–Crippen LogP) is 6.37. The molecule has 0 fully saturated rings. The molecule has 4 aromatic rings. The van der Waals surface area contributed by atoms with Gasteiger partial charge in [-0.25, -0.2) is 0 Å². The smallest absolute Gasteiger partial charge is 0.291 e. The van der Waals surface area contributed by atoms with Crippen LogP contribution in [0.3, 0.4) is 0 Å². The molecule has 2 aromatic heterocycles. The van der Waals surface area contributed by atoms with Crippen LogP contribution in [-0.4, -0.2) is 11.0 Å². The average Bonchev–Trinajstić information content (AvgIpc) is 3.40. The van der Waals surface area contributed by atoms with Gasteiger partial charge in [0.25, 0.3) is 5.91 Å². The van der Waals surface area contributed by atoms with Gasteiger partial charge in [0, 0.05) is 21.3 Å². The Hall–Kier alpha value is -2.80. The third-order valence-electron chi connectivity index (χ3n) is 4.27. The summed E-state index contributed by atoms with van der Waals surface area (Å²) in [4.78, 5) is 12.6. The quantitative estimate of drug-likeness (QED) is 0.354. The molecule has 0 aliphatic carbocycles. The van der Waals surface area contributed by atoms with Crippen molar-refractivity contribution >= 4 is 39.1 Å². The fraction of sp³-hybridized carbons (Fsp3) is 0.0455. The van der Waals surface area contributed by atoms with Crippen molar-refractivity contribution in [2.75, 3.05) is 5.32 Å². The molecular weight excluding hydrogens is 458 g/mol. The van der Waals surface area contributed by atoms with Gasteiger partial charge in [-0.15, -0.1) is 0 Å². The number of aliphatic hydroxyl groups excluding tert-OH is 1. The summed E-state index contributed by atoms with van der Waals surface area (Å²) in [7, 11) is 0. The molecule has 2 N–H and O–H groups in total. The van der Waals surface area contributed by atoms with Crippen LogP contribution in [0.1, 0.15) is 16.3 Å². The van der Waals surface area contributed by atoms with Gasteiger partial charge in [0.1, 0.15) is 23.9 Å². The first-order valence-corrected chi connectivity index (χ1v) is 9.87. The minimum atomic E-state index is -0.378. The van der Waals surface area contributed by atoms with E-state index in [0.717, 1.165) is 10.0 Å². The molecule has 0 radical (unpaired) electrons. The minimum absolute atomic E-state index is 0.194. The lowest BCUT2D eigenvalue weighted by Crippen LogP contribution is -2.10. The molecule has 29 heavy (non-hydrogen) atoms. The lowest BCUT2D eigenvalue weighted by Gasteiger charge is -2.07. The largest absolute Gasteiger partial charge is 0.459 e. The molecule has 0 saturated heterocycles. The normalized spacial score (nSPS) is 10.9. The van der Waals surface area contributed by atoms with Crippen LogP contribution in [-0.2, 0) is 6.61 Å². The molecule has 5 nitrogen and oxygen atoms in total. The maximum Gasteiger partial charge on any atom is 0.291 e. The van der Waals surface area contributed by atoms with Crippen LogP contribution in [0, 0.1) is 0 Å². The first kappa shape index (κ1) is 19.5. The summed E-state index contributed by atoms with van der Waals surface area (Å²) in [6, 6.07) is 19.5. The van der Waals surface area contributed by atoms with Crippen LogP contribution < -0.4 is 5.32 Å². The highest BCUT2D eigenvalue weighted by Crippen LogP contribution is 2.32. The van der Waals surface area contributed by atoms with Gasteiger partial charge in [-0.05, 0) is 54.6 Å². The number of carbonyl (C=O) groups is 1. The summed E-state index contributed by atoms with van der Waals surface area (Å²) in [5.74, 6) is 1.36. The van der Waals surface area contributed by atoms with E-state index in [1.807, 2.05) is 24.3 Å². The zero-order chi connectivity index (χ0) is 20.4. The molecule has 0 spiro atoms. The molecule has 4 rings (SSSR count). The lowest BCUT2D eigenvalue weighted by atomic mass is 10.1. The van der Waals surface area contributed by atoms with Gasteiger partial charge < -0.3 is 19.3 Å². The minimum Gasteiger partial charge on any atom is -0.459 e.